The summed E-state index contributed by atoms with van der Waals surface area (Å²) in [4.78, 5) is 50.8. The van der Waals surface area contributed by atoms with Crippen molar-refractivity contribution in [2.45, 2.75) is 6.54 Å². The number of amides is 1. The van der Waals surface area contributed by atoms with Crippen LogP contribution in [0, 0.1) is 10.1 Å². The van der Waals surface area contributed by atoms with Gasteiger partial charge in [0.1, 0.15) is 6.54 Å². The van der Waals surface area contributed by atoms with Crippen LogP contribution >= 0.6 is 0 Å². The highest BCUT2D eigenvalue weighted by molar-refractivity contribution is 5.86. The van der Waals surface area contributed by atoms with Gasteiger partial charge in [-0.15, -0.1) is 0 Å². The van der Waals surface area contributed by atoms with E-state index < -0.39 is 22.1 Å². The molecule has 1 aromatic carbocycles. The Hall–Kier alpha value is -4.09. The number of nitro groups is 1. The summed E-state index contributed by atoms with van der Waals surface area (Å²) in [6.07, 6.45) is 2.43. The number of hydrogen-bond donors (Lipinski definition) is 1. The van der Waals surface area contributed by atoms with Crippen molar-refractivity contribution in [3.05, 3.63) is 67.1 Å². The summed E-state index contributed by atoms with van der Waals surface area (Å²) < 4.78 is 3.43. The number of para-hydroxylation sites is 1. The fraction of sp³-hybridized carbons (Fsp3) is 0.188. The first-order chi connectivity index (χ1) is 13.3. The van der Waals surface area contributed by atoms with E-state index in [4.69, 9.17) is 0 Å². The minimum atomic E-state index is -0.579. The number of carbonyl (C=O) groups excluding carboxylic acids is 1. The van der Waals surface area contributed by atoms with Crippen LogP contribution in [0.5, 0.6) is 0 Å². The molecule has 1 amide bonds. The van der Waals surface area contributed by atoms with E-state index >= 15 is 0 Å². The molecule has 28 heavy (non-hydrogen) atoms. The number of nitrogens with one attached hydrogen (secondary N) is 1. The number of aryl methyl sites for hydroxylation is 1. The van der Waals surface area contributed by atoms with Gasteiger partial charge in [0.25, 0.3) is 17.2 Å². The molecule has 0 aliphatic rings. The van der Waals surface area contributed by atoms with Crippen molar-refractivity contribution in [3.8, 4) is 0 Å². The largest absolute Gasteiger partial charge is 0.332 e. The van der Waals surface area contributed by atoms with E-state index in [2.05, 4.69) is 15.5 Å². The third-order valence-electron chi connectivity index (χ3n) is 4.06. The van der Waals surface area contributed by atoms with Crippen LogP contribution in [0.2, 0.25) is 0 Å². The maximum absolute atomic E-state index is 12.3. The number of fused-ring (bicyclic) bond motifs is 1. The minimum absolute atomic E-state index is 0.0995. The molecule has 0 unspecified atom stereocenters. The van der Waals surface area contributed by atoms with Crippen molar-refractivity contribution >= 4 is 29.0 Å². The molecular weight excluding hydrogens is 370 g/mol. The van der Waals surface area contributed by atoms with Crippen LogP contribution in [0.25, 0.3) is 11.2 Å². The zero-order valence-corrected chi connectivity index (χ0v) is 14.9. The maximum atomic E-state index is 12.3. The highest BCUT2D eigenvalue weighted by Gasteiger charge is 2.16. The van der Waals surface area contributed by atoms with Crippen molar-refractivity contribution in [2.24, 2.45) is 19.2 Å². The van der Waals surface area contributed by atoms with Crippen molar-refractivity contribution in [1.82, 2.24) is 24.1 Å². The van der Waals surface area contributed by atoms with E-state index in [9.17, 15) is 24.5 Å². The summed E-state index contributed by atoms with van der Waals surface area (Å²) in [6.45, 7) is -0.280. The van der Waals surface area contributed by atoms with Crippen LogP contribution in [-0.2, 0) is 25.4 Å². The van der Waals surface area contributed by atoms with Gasteiger partial charge < -0.3 is 4.57 Å². The first-order valence-electron chi connectivity index (χ1n) is 7.97. The molecule has 0 saturated heterocycles. The van der Waals surface area contributed by atoms with E-state index in [1.165, 1.54) is 47.8 Å². The van der Waals surface area contributed by atoms with Gasteiger partial charge >= 0.3 is 5.69 Å². The molecule has 0 bridgehead atoms. The fourth-order valence-electron chi connectivity index (χ4n) is 2.64. The van der Waals surface area contributed by atoms with E-state index in [0.29, 0.717) is 0 Å². The first-order valence-corrected chi connectivity index (χ1v) is 7.97. The summed E-state index contributed by atoms with van der Waals surface area (Å²) in [6, 6.07) is 5.93. The van der Waals surface area contributed by atoms with Gasteiger partial charge in [-0.3, -0.25) is 28.8 Å². The second kappa shape index (κ2) is 7.26. The molecule has 0 aliphatic carbocycles. The zero-order chi connectivity index (χ0) is 20.4. The summed E-state index contributed by atoms with van der Waals surface area (Å²) in [5.41, 5.74) is 1.47. The van der Waals surface area contributed by atoms with E-state index in [1.807, 2.05) is 0 Å². The summed E-state index contributed by atoms with van der Waals surface area (Å²) in [5.74, 6) is -0.579. The number of hydrogen-bond acceptors (Lipinski definition) is 7. The molecule has 3 aromatic rings. The quantitative estimate of drug-likeness (QED) is 0.356. The van der Waals surface area contributed by atoms with Crippen LogP contribution in [0.15, 0.2) is 45.3 Å². The van der Waals surface area contributed by atoms with Crippen LogP contribution in [0.4, 0.5) is 5.69 Å². The Kier molecular flexibility index (Phi) is 4.85. The molecule has 0 spiro atoms. The molecule has 3 rings (SSSR count). The Morgan fingerprint density at radius 2 is 2.00 bits per heavy atom. The van der Waals surface area contributed by atoms with Gasteiger partial charge in [-0.1, -0.05) is 12.1 Å². The maximum Gasteiger partial charge on any atom is 0.332 e. The number of aromatic nitrogens is 4. The first kappa shape index (κ1) is 18.7. The number of rotatable bonds is 5. The number of imidazole rings is 1. The van der Waals surface area contributed by atoms with Crippen molar-refractivity contribution < 1.29 is 9.72 Å². The van der Waals surface area contributed by atoms with Gasteiger partial charge in [-0.2, -0.15) is 5.10 Å². The average molecular weight is 385 g/mol. The molecule has 0 radical (unpaired) electrons. The molecule has 2 aromatic heterocycles. The number of hydrazone groups is 1. The number of nitrogens with zero attached hydrogens (tertiary/aromatic N) is 6. The van der Waals surface area contributed by atoms with Gasteiger partial charge in [0.2, 0.25) is 0 Å². The lowest BCUT2D eigenvalue weighted by atomic mass is 10.2. The Labute approximate surface area is 156 Å². The normalized spacial score (nSPS) is 11.2. The second-order valence-electron chi connectivity index (χ2n) is 5.86. The predicted molar refractivity (Wildman–Crippen MR) is 99.0 cm³/mol. The lowest BCUT2D eigenvalue weighted by Crippen LogP contribution is -2.38. The van der Waals surface area contributed by atoms with Gasteiger partial charge in [-0.05, 0) is 6.07 Å². The van der Waals surface area contributed by atoms with Crippen molar-refractivity contribution in [1.29, 1.82) is 0 Å². The third-order valence-corrected chi connectivity index (χ3v) is 4.06. The molecule has 0 saturated carbocycles. The summed E-state index contributed by atoms with van der Waals surface area (Å²) >= 11 is 0. The Balaban J connectivity index is 1.81. The van der Waals surface area contributed by atoms with Crippen LogP contribution < -0.4 is 16.7 Å². The Morgan fingerprint density at radius 1 is 1.29 bits per heavy atom. The minimum Gasteiger partial charge on any atom is -0.315 e. The van der Waals surface area contributed by atoms with Crippen LogP contribution in [0.1, 0.15) is 5.56 Å². The molecule has 1 N–H and O–H groups in total. The molecule has 0 aliphatic heterocycles. The molecule has 0 fully saturated rings. The molecule has 2 heterocycles. The molecule has 144 valence electrons. The standard InChI is InChI=1S/C16H15N7O5/c1-20-14-13(15(25)21(2)16(20)26)22(9-17-14)8-12(24)19-18-7-10-5-3-4-6-11(10)23(27)28/h3-7,9H,8H2,1-2H3,(H,19,24)/b18-7-. The van der Waals surface area contributed by atoms with Gasteiger partial charge in [0.15, 0.2) is 11.2 Å². The number of benzene rings is 1. The van der Waals surface area contributed by atoms with Crippen molar-refractivity contribution in [3.63, 3.8) is 0 Å². The molecule has 12 heteroatoms. The van der Waals surface area contributed by atoms with Gasteiger partial charge in [0.05, 0.1) is 23.0 Å². The van der Waals surface area contributed by atoms with E-state index in [-0.39, 0.29) is 29.0 Å². The third kappa shape index (κ3) is 3.30. The predicted octanol–water partition coefficient (Wildman–Crippen LogP) is -0.508. The smallest absolute Gasteiger partial charge is 0.315 e. The zero-order valence-electron chi connectivity index (χ0n) is 14.9. The molecule has 0 atom stereocenters. The van der Waals surface area contributed by atoms with Crippen molar-refractivity contribution in [2.75, 3.05) is 0 Å². The lowest BCUT2D eigenvalue weighted by molar-refractivity contribution is -0.385. The highest BCUT2D eigenvalue weighted by atomic mass is 16.6. The average Bonchev–Trinajstić information content (AvgIpc) is 3.08. The molecule has 12 nitrogen and oxygen atoms in total. The summed E-state index contributed by atoms with van der Waals surface area (Å²) in [7, 11) is 2.80. The topological polar surface area (TPSA) is 146 Å². The number of nitro benzene ring substituents is 1. The monoisotopic (exact) mass is 385 g/mol. The van der Waals surface area contributed by atoms with Crippen LogP contribution in [0.3, 0.4) is 0 Å². The Morgan fingerprint density at radius 3 is 2.71 bits per heavy atom. The van der Waals surface area contributed by atoms with E-state index in [1.54, 1.807) is 6.07 Å². The summed E-state index contributed by atoms with van der Waals surface area (Å²) in [5, 5.41) is 14.7. The highest BCUT2D eigenvalue weighted by Crippen LogP contribution is 2.15. The fourth-order valence-corrected chi connectivity index (χ4v) is 2.64. The second-order valence-corrected chi connectivity index (χ2v) is 5.86. The lowest BCUT2D eigenvalue weighted by Gasteiger charge is -2.06. The van der Waals surface area contributed by atoms with Gasteiger partial charge in [-0.25, -0.2) is 15.2 Å². The Bertz CT molecular complexity index is 1230. The van der Waals surface area contributed by atoms with E-state index in [0.717, 1.165) is 10.8 Å². The SMILES string of the molecule is Cn1c(=O)c2c(ncn2CC(=O)N/N=C\c2ccccc2[N+](=O)[O-])n(C)c1=O. The molecular formula is C16H15N7O5. The van der Waals surface area contributed by atoms with Gasteiger partial charge in [0, 0.05) is 20.2 Å². The van der Waals surface area contributed by atoms with Crippen LogP contribution in [-0.4, -0.2) is 35.7 Å². The number of carbonyl (C=O) groups is 1.